The normalized spacial score (nSPS) is 31.4. The summed E-state index contributed by atoms with van der Waals surface area (Å²) in [5.41, 5.74) is 0. The van der Waals surface area contributed by atoms with E-state index < -0.39 is 43.2 Å². The van der Waals surface area contributed by atoms with Gasteiger partial charge in [0.2, 0.25) is 17.7 Å². The lowest BCUT2D eigenvalue weighted by atomic mass is 9.94. The fourth-order valence-electron chi connectivity index (χ4n) is 6.84. The number of nitrogens with one attached hydrogen (secondary N) is 2. The monoisotopic (exact) mass is 657 g/mol. The van der Waals surface area contributed by atoms with Crippen LogP contribution in [0.3, 0.4) is 0 Å². The summed E-state index contributed by atoms with van der Waals surface area (Å²) in [5.74, 6) is 0.995. The Morgan fingerprint density at radius 1 is 0.913 bits per heavy atom. The highest BCUT2D eigenvalue weighted by atomic mass is 16.7. The summed E-state index contributed by atoms with van der Waals surface area (Å²) < 4.78 is 17.6. The van der Waals surface area contributed by atoms with E-state index in [1.165, 1.54) is 13.3 Å². The van der Waals surface area contributed by atoms with E-state index >= 15 is 0 Å². The van der Waals surface area contributed by atoms with Crippen molar-refractivity contribution < 1.29 is 49.0 Å². The Bertz CT molecular complexity index is 939. The van der Waals surface area contributed by atoms with Crippen molar-refractivity contribution in [1.29, 1.82) is 0 Å². The van der Waals surface area contributed by atoms with E-state index in [2.05, 4.69) is 24.5 Å². The Morgan fingerprint density at radius 3 is 2.33 bits per heavy atom. The number of ether oxygens (including phenoxy) is 3. The minimum absolute atomic E-state index is 0.00305. The average molecular weight is 658 g/mol. The SMILES string of the molecule is CC(=O)NC1C(OCCCCCC(=O)NCCCCCC(=O)N2C[C@H](OC3CCC(C(C)C)C3)C[C@H]2CO)OC(CO)C(O)C1O. The van der Waals surface area contributed by atoms with Crippen LogP contribution in [0.1, 0.15) is 97.8 Å². The number of aliphatic hydroxyl groups is 4. The van der Waals surface area contributed by atoms with Crippen molar-refractivity contribution in [3.63, 3.8) is 0 Å². The maximum Gasteiger partial charge on any atom is 0.222 e. The summed E-state index contributed by atoms with van der Waals surface area (Å²) in [7, 11) is 0. The average Bonchev–Trinajstić information content (AvgIpc) is 3.67. The first-order valence-corrected chi connectivity index (χ1v) is 17.4. The van der Waals surface area contributed by atoms with Crippen molar-refractivity contribution in [1.82, 2.24) is 15.5 Å². The van der Waals surface area contributed by atoms with Crippen LogP contribution in [0.15, 0.2) is 0 Å². The molecule has 46 heavy (non-hydrogen) atoms. The molecule has 0 aromatic carbocycles. The molecule has 7 unspecified atom stereocenters. The second kappa shape index (κ2) is 19.8. The second-order valence-corrected chi connectivity index (χ2v) is 13.6. The van der Waals surface area contributed by atoms with Gasteiger partial charge in [-0.2, -0.15) is 0 Å². The summed E-state index contributed by atoms with van der Waals surface area (Å²) in [4.78, 5) is 38.4. The lowest BCUT2D eigenvalue weighted by molar-refractivity contribution is -0.270. The zero-order valence-corrected chi connectivity index (χ0v) is 28.0. The molecule has 9 atom stereocenters. The quantitative estimate of drug-likeness (QED) is 0.109. The predicted molar refractivity (Wildman–Crippen MR) is 169 cm³/mol. The number of amides is 3. The van der Waals surface area contributed by atoms with Gasteiger partial charge in [0.25, 0.3) is 0 Å². The second-order valence-electron chi connectivity index (χ2n) is 13.6. The maximum absolute atomic E-state index is 12.9. The molecule has 2 saturated heterocycles. The van der Waals surface area contributed by atoms with Crippen LogP contribution >= 0.6 is 0 Å². The standard InChI is InChI=1S/C33H59N3O10/c1-21(2)23-12-13-25(16-23)45-26-17-24(19-37)36(18-26)29(41)11-7-4-8-14-34-28(40)10-6-5-9-15-44-33-30(35-22(3)39)32(43)31(42)27(20-38)46-33/h21,23-27,30-33,37-38,42-43H,4-20H2,1-3H3,(H,34,40)(H,35,39)/t23?,24-,25?,26+,27?,30?,31?,32?,33?/m0/s1. The maximum atomic E-state index is 12.9. The first-order chi connectivity index (χ1) is 22.0. The predicted octanol–water partition coefficient (Wildman–Crippen LogP) is 0.987. The van der Waals surface area contributed by atoms with Crippen LogP contribution in [0, 0.1) is 11.8 Å². The molecule has 3 aliphatic rings. The summed E-state index contributed by atoms with van der Waals surface area (Å²) in [5, 5.41) is 45.1. The van der Waals surface area contributed by atoms with Gasteiger partial charge in [0, 0.05) is 39.5 Å². The number of nitrogens with zero attached hydrogens (tertiary/aromatic N) is 1. The van der Waals surface area contributed by atoms with Gasteiger partial charge in [0.15, 0.2) is 6.29 Å². The highest BCUT2D eigenvalue weighted by Crippen LogP contribution is 2.35. The van der Waals surface area contributed by atoms with Crippen LogP contribution in [0.5, 0.6) is 0 Å². The number of rotatable bonds is 19. The molecule has 2 aliphatic heterocycles. The van der Waals surface area contributed by atoms with Crippen molar-refractivity contribution in [2.45, 2.75) is 147 Å². The molecule has 1 aliphatic carbocycles. The first kappa shape index (κ1) is 38.6. The van der Waals surface area contributed by atoms with Gasteiger partial charge < -0.3 is 50.2 Å². The molecule has 266 valence electrons. The van der Waals surface area contributed by atoms with Gasteiger partial charge in [-0.05, 0) is 63.2 Å². The Labute approximate surface area is 273 Å². The zero-order valence-electron chi connectivity index (χ0n) is 28.0. The minimum atomic E-state index is -1.36. The van der Waals surface area contributed by atoms with Crippen LogP contribution in [0.4, 0.5) is 0 Å². The van der Waals surface area contributed by atoms with E-state index in [0.29, 0.717) is 57.0 Å². The van der Waals surface area contributed by atoms with Crippen molar-refractivity contribution in [2.24, 2.45) is 11.8 Å². The van der Waals surface area contributed by atoms with Gasteiger partial charge in [0.05, 0.1) is 31.5 Å². The molecule has 0 aromatic rings. The van der Waals surface area contributed by atoms with Gasteiger partial charge in [-0.15, -0.1) is 0 Å². The van der Waals surface area contributed by atoms with Crippen molar-refractivity contribution in [3.8, 4) is 0 Å². The third-order valence-electron chi connectivity index (χ3n) is 9.63. The van der Waals surface area contributed by atoms with Crippen molar-refractivity contribution in [2.75, 3.05) is 32.9 Å². The fraction of sp³-hybridized carbons (Fsp3) is 0.909. The number of carbonyl (C=O) groups is 3. The molecular weight excluding hydrogens is 598 g/mol. The number of hydrogen-bond acceptors (Lipinski definition) is 10. The van der Waals surface area contributed by atoms with Crippen LogP contribution in [0.2, 0.25) is 0 Å². The summed E-state index contributed by atoms with van der Waals surface area (Å²) >= 11 is 0. The number of likely N-dealkylation sites (tertiary alicyclic amines) is 1. The molecule has 0 bridgehead atoms. The zero-order chi connectivity index (χ0) is 33.6. The Balaban J connectivity index is 1.21. The van der Waals surface area contributed by atoms with E-state index in [1.54, 1.807) is 4.90 Å². The number of unbranched alkanes of at least 4 members (excludes halogenated alkanes) is 4. The summed E-state index contributed by atoms with van der Waals surface area (Å²) in [6.45, 7) is 6.63. The third kappa shape index (κ3) is 12.0. The highest BCUT2D eigenvalue weighted by molar-refractivity contribution is 5.77. The molecule has 0 aromatic heterocycles. The highest BCUT2D eigenvalue weighted by Gasteiger charge is 2.45. The van der Waals surface area contributed by atoms with Crippen LogP contribution in [0.25, 0.3) is 0 Å². The third-order valence-corrected chi connectivity index (χ3v) is 9.63. The molecule has 0 spiro atoms. The van der Waals surface area contributed by atoms with Crippen LogP contribution in [-0.2, 0) is 28.6 Å². The minimum Gasteiger partial charge on any atom is -0.394 e. The van der Waals surface area contributed by atoms with E-state index in [-0.39, 0.29) is 43.3 Å². The first-order valence-electron chi connectivity index (χ1n) is 17.4. The Morgan fingerprint density at radius 2 is 1.65 bits per heavy atom. The van der Waals surface area contributed by atoms with E-state index in [0.717, 1.165) is 38.5 Å². The summed E-state index contributed by atoms with van der Waals surface area (Å²) in [6, 6.07) is -1.14. The largest absolute Gasteiger partial charge is 0.394 e. The van der Waals surface area contributed by atoms with Crippen molar-refractivity contribution >= 4 is 17.7 Å². The number of aliphatic hydroxyl groups excluding tert-OH is 4. The van der Waals surface area contributed by atoms with Gasteiger partial charge >= 0.3 is 0 Å². The molecule has 3 fully saturated rings. The number of carbonyl (C=O) groups excluding carboxylic acids is 3. The number of hydrogen-bond donors (Lipinski definition) is 6. The van der Waals surface area contributed by atoms with Crippen molar-refractivity contribution in [3.05, 3.63) is 0 Å². The molecule has 2 heterocycles. The van der Waals surface area contributed by atoms with Crippen LogP contribution < -0.4 is 10.6 Å². The smallest absolute Gasteiger partial charge is 0.222 e. The molecule has 0 radical (unpaired) electrons. The topological polar surface area (TPSA) is 187 Å². The molecule has 6 N–H and O–H groups in total. The lowest BCUT2D eigenvalue weighted by Crippen LogP contribution is -2.64. The van der Waals surface area contributed by atoms with Gasteiger partial charge in [-0.25, -0.2) is 0 Å². The van der Waals surface area contributed by atoms with E-state index in [1.807, 2.05) is 0 Å². The van der Waals surface area contributed by atoms with Crippen LogP contribution in [-0.4, -0.2) is 125 Å². The molecule has 13 heteroatoms. The molecule has 3 amide bonds. The van der Waals surface area contributed by atoms with Gasteiger partial charge in [-0.1, -0.05) is 26.7 Å². The lowest BCUT2D eigenvalue weighted by Gasteiger charge is -2.42. The molecule has 3 rings (SSSR count). The molecule has 1 saturated carbocycles. The van der Waals surface area contributed by atoms with E-state index in [4.69, 9.17) is 14.2 Å². The Kier molecular flexibility index (Phi) is 16.6. The summed E-state index contributed by atoms with van der Waals surface area (Å²) in [6.07, 6.45) is 4.72. The molecular formula is C33H59N3O10. The Hall–Kier alpha value is -1.87. The van der Waals surface area contributed by atoms with Gasteiger partial charge in [0.1, 0.15) is 24.4 Å². The fourth-order valence-corrected chi connectivity index (χ4v) is 6.84. The van der Waals surface area contributed by atoms with E-state index in [9.17, 15) is 34.8 Å². The molecule has 13 nitrogen and oxygen atoms in total. The van der Waals surface area contributed by atoms with Gasteiger partial charge in [-0.3, -0.25) is 14.4 Å².